The van der Waals surface area contributed by atoms with Crippen LogP contribution in [0.15, 0.2) is 30.3 Å². The van der Waals surface area contributed by atoms with E-state index in [-0.39, 0.29) is 17.9 Å². The zero-order valence-electron chi connectivity index (χ0n) is 8.89. The van der Waals surface area contributed by atoms with Gasteiger partial charge in [0.05, 0.1) is 6.04 Å². The second-order valence-electron chi connectivity index (χ2n) is 4.21. The number of hydrogen-bond acceptors (Lipinski definition) is 2. The predicted octanol–water partition coefficient (Wildman–Crippen LogP) is 0.992. The molecular weight excluding hydrogens is 188 g/mol. The van der Waals surface area contributed by atoms with Crippen molar-refractivity contribution in [2.75, 3.05) is 6.54 Å². The van der Waals surface area contributed by atoms with Gasteiger partial charge in [0.2, 0.25) is 5.91 Å². The molecule has 2 atom stereocenters. The Morgan fingerprint density at radius 2 is 2.07 bits per heavy atom. The smallest absolute Gasteiger partial charge is 0.240 e. The van der Waals surface area contributed by atoms with E-state index in [1.165, 1.54) is 0 Å². The Bertz CT molecular complexity index is 350. The van der Waals surface area contributed by atoms with Gasteiger partial charge in [-0.1, -0.05) is 37.3 Å². The molecule has 1 aromatic rings. The maximum absolute atomic E-state index is 11.7. The van der Waals surface area contributed by atoms with E-state index in [9.17, 15) is 4.79 Å². The standard InChI is InChI=1S/C12H16N2O/c1-9-7-14(12(15)11(9)13)8-10-5-3-2-4-6-10/h2-6,9,11H,7-8,13H2,1H3/t9-,11+/m0/s1. The van der Waals surface area contributed by atoms with Gasteiger partial charge >= 0.3 is 0 Å². The highest BCUT2D eigenvalue weighted by molar-refractivity contribution is 5.84. The third-order valence-corrected chi connectivity index (χ3v) is 2.93. The first-order valence-electron chi connectivity index (χ1n) is 5.27. The number of benzene rings is 1. The van der Waals surface area contributed by atoms with E-state index in [2.05, 4.69) is 0 Å². The van der Waals surface area contributed by atoms with E-state index < -0.39 is 0 Å². The van der Waals surface area contributed by atoms with E-state index in [1.807, 2.05) is 42.2 Å². The van der Waals surface area contributed by atoms with Crippen LogP contribution in [0, 0.1) is 5.92 Å². The first-order chi connectivity index (χ1) is 7.18. The summed E-state index contributed by atoms with van der Waals surface area (Å²) >= 11 is 0. The van der Waals surface area contributed by atoms with Crippen LogP contribution in [-0.4, -0.2) is 23.4 Å². The fraction of sp³-hybridized carbons (Fsp3) is 0.417. The largest absolute Gasteiger partial charge is 0.337 e. The maximum atomic E-state index is 11.7. The third-order valence-electron chi connectivity index (χ3n) is 2.93. The first-order valence-corrected chi connectivity index (χ1v) is 5.27. The second kappa shape index (κ2) is 4.03. The van der Waals surface area contributed by atoms with Gasteiger partial charge in [-0.15, -0.1) is 0 Å². The van der Waals surface area contributed by atoms with E-state index in [4.69, 9.17) is 5.73 Å². The number of rotatable bonds is 2. The number of nitrogens with two attached hydrogens (primary N) is 1. The maximum Gasteiger partial charge on any atom is 0.240 e. The first kappa shape index (κ1) is 10.2. The number of amides is 1. The zero-order valence-corrected chi connectivity index (χ0v) is 8.89. The van der Waals surface area contributed by atoms with Crippen molar-refractivity contribution in [3.05, 3.63) is 35.9 Å². The van der Waals surface area contributed by atoms with Crippen LogP contribution in [0.25, 0.3) is 0 Å². The molecule has 1 aromatic carbocycles. The molecule has 1 fully saturated rings. The molecule has 3 heteroatoms. The monoisotopic (exact) mass is 204 g/mol. The minimum atomic E-state index is -0.311. The Labute approximate surface area is 89.9 Å². The molecule has 1 aliphatic heterocycles. The quantitative estimate of drug-likeness (QED) is 0.781. The number of likely N-dealkylation sites (tertiary alicyclic amines) is 1. The summed E-state index contributed by atoms with van der Waals surface area (Å²) in [5.41, 5.74) is 6.93. The van der Waals surface area contributed by atoms with Crippen molar-refractivity contribution in [1.82, 2.24) is 4.90 Å². The van der Waals surface area contributed by atoms with Crippen LogP contribution >= 0.6 is 0 Å². The predicted molar refractivity (Wildman–Crippen MR) is 59.0 cm³/mol. The SMILES string of the molecule is C[C@H]1CN(Cc2ccccc2)C(=O)[C@@H]1N. The minimum absolute atomic E-state index is 0.0753. The Balaban J connectivity index is 2.05. The highest BCUT2D eigenvalue weighted by Gasteiger charge is 2.34. The van der Waals surface area contributed by atoms with Crippen LogP contribution in [0.2, 0.25) is 0 Å². The van der Waals surface area contributed by atoms with E-state index >= 15 is 0 Å². The Hall–Kier alpha value is -1.35. The summed E-state index contributed by atoms with van der Waals surface area (Å²) in [5.74, 6) is 0.340. The molecule has 0 spiro atoms. The van der Waals surface area contributed by atoms with Crippen LogP contribution in [0.1, 0.15) is 12.5 Å². The highest BCUT2D eigenvalue weighted by Crippen LogP contribution is 2.18. The molecule has 0 unspecified atom stereocenters. The molecule has 15 heavy (non-hydrogen) atoms. The number of nitrogens with zero attached hydrogens (tertiary/aromatic N) is 1. The number of hydrogen-bond donors (Lipinski definition) is 1. The molecular formula is C12H16N2O. The van der Waals surface area contributed by atoms with Crippen molar-refractivity contribution >= 4 is 5.91 Å². The molecule has 1 heterocycles. The van der Waals surface area contributed by atoms with Gasteiger partial charge in [-0.25, -0.2) is 0 Å². The van der Waals surface area contributed by atoms with Crippen LogP contribution in [0.5, 0.6) is 0 Å². The molecule has 1 amide bonds. The fourth-order valence-corrected chi connectivity index (χ4v) is 1.95. The lowest BCUT2D eigenvalue weighted by Gasteiger charge is -2.15. The topological polar surface area (TPSA) is 46.3 Å². The fourth-order valence-electron chi connectivity index (χ4n) is 1.95. The van der Waals surface area contributed by atoms with E-state index in [0.717, 1.165) is 12.1 Å². The summed E-state index contributed by atoms with van der Waals surface area (Å²) in [6, 6.07) is 9.69. The average Bonchev–Trinajstić information content (AvgIpc) is 2.48. The molecule has 0 aromatic heterocycles. The number of carbonyl (C=O) groups is 1. The van der Waals surface area contributed by atoms with E-state index in [1.54, 1.807) is 0 Å². The minimum Gasteiger partial charge on any atom is -0.337 e. The van der Waals surface area contributed by atoms with Gasteiger partial charge in [-0.05, 0) is 11.5 Å². The van der Waals surface area contributed by atoms with Crippen molar-refractivity contribution in [3.63, 3.8) is 0 Å². The van der Waals surface area contributed by atoms with Crippen molar-refractivity contribution in [3.8, 4) is 0 Å². The molecule has 3 nitrogen and oxygen atoms in total. The molecule has 0 radical (unpaired) electrons. The molecule has 0 bridgehead atoms. The normalized spacial score (nSPS) is 26.0. The van der Waals surface area contributed by atoms with Gasteiger partial charge in [-0.3, -0.25) is 4.79 Å². The van der Waals surface area contributed by atoms with Gasteiger partial charge in [0, 0.05) is 13.1 Å². The molecule has 80 valence electrons. The summed E-state index contributed by atoms with van der Waals surface area (Å²) in [5, 5.41) is 0. The van der Waals surface area contributed by atoms with Gasteiger partial charge < -0.3 is 10.6 Å². The molecule has 1 saturated heterocycles. The average molecular weight is 204 g/mol. The molecule has 0 aliphatic carbocycles. The van der Waals surface area contributed by atoms with Gasteiger partial charge in [0.1, 0.15) is 0 Å². The van der Waals surface area contributed by atoms with Crippen molar-refractivity contribution in [1.29, 1.82) is 0 Å². The van der Waals surface area contributed by atoms with Gasteiger partial charge in [0.15, 0.2) is 0 Å². The summed E-state index contributed by atoms with van der Waals surface area (Å²) < 4.78 is 0. The lowest BCUT2D eigenvalue weighted by molar-refractivity contribution is -0.129. The van der Waals surface area contributed by atoms with Crippen LogP contribution in [0.3, 0.4) is 0 Å². The molecule has 2 rings (SSSR count). The van der Waals surface area contributed by atoms with Crippen molar-refractivity contribution < 1.29 is 4.79 Å². The summed E-state index contributed by atoms with van der Waals surface area (Å²) in [6.07, 6.45) is 0. The second-order valence-corrected chi connectivity index (χ2v) is 4.21. The van der Waals surface area contributed by atoms with Crippen molar-refractivity contribution in [2.45, 2.75) is 19.5 Å². The summed E-state index contributed by atoms with van der Waals surface area (Å²) in [4.78, 5) is 13.6. The zero-order chi connectivity index (χ0) is 10.8. The number of carbonyl (C=O) groups excluding carboxylic acids is 1. The Morgan fingerprint density at radius 1 is 1.40 bits per heavy atom. The van der Waals surface area contributed by atoms with Crippen LogP contribution in [-0.2, 0) is 11.3 Å². The Kier molecular flexibility index (Phi) is 2.73. The molecule has 1 aliphatic rings. The van der Waals surface area contributed by atoms with Crippen molar-refractivity contribution in [2.24, 2.45) is 11.7 Å². The lowest BCUT2D eigenvalue weighted by atomic mass is 10.1. The third kappa shape index (κ3) is 2.02. The summed E-state index contributed by atoms with van der Waals surface area (Å²) in [6.45, 7) is 3.47. The highest BCUT2D eigenvalue weighted by atomic mass is 16.2. The molecule has 2 N–H and O–H groups in total. The molecule has 0 saturated carbocycles. The van der Waals surface area contributed by atoms with Crippen LogP contribution in [0.4, 0.5) is 0 Å². The Morgan fingerprint density at radius 3 is 2.60 bits per heavy atom. The summed E-state index contributed by atoms with van der Waals surface area (Å²) in [7, 11) is 0. The van der Waals surface area contributed by atoms with Crippen LogP contribution < -0.4 is 5.73 Å². The van der Waals surface area contributed by atoms with E-state index in [0.29, 0.717) is 6.54 Å². The van der Waals surface area contributed by atoms with Gasteiger partial charge in [0.25, 0.3) is 0 Å². The van der Waals surface area contributed by atoms with Gasteiger partial charge in [-0.2, -0.15) is 0 Å². The lowest BCUT2D eigenvalue weighted by Crippen LogP contribution is -2.35.